The Kier molecular flexibility index (Phi) is 5.34. The van der Waals surface area contributed by atoms with Gasteiger partial charge < -0.3 is 14.9 Å². The van der Waals surface area contributed by atoms with Crippen LogP contribution in [0, 0.1) is 10.8 Å². The molecule has 2 fully saturated rings. The Morgan fingerprint density at radius 2 is 1.80 bits per heavy atom. The van der Waals surface area contributed by atoms with Crippen molar-refractivity contribution >= 4 is 11.9 Å². The van der Waals surface area contributed by atoms with Gasteiger partial charge >= 0.3 is 11.9 Å². The molecule has 0 aromatic rings. The van der Waals surface area contributed by atoms with E-state index in [1.807, 2.05) is 6.92 Å². The van der Waals surface area contributed by atoms with Gasteiger partial charge in [-0.15, -0.1) is 6.58 Å². The molecule has 20 heavy (non-hydrogen) atoms. The topological polar surface area (TPSA) is 87.1 Å². The van der Waals surface area contributed by atoms with Crippen molar-refractivity contribution in [3.8, 4) is 0 Å². The zero-order valence-electron chi connectivity index (χ0n) is 12.2. The first-order valence-corrected chi connectivity index (χ1v) is 7.08. The predicted octanol–water partition coefficient (Wildman–Crippen LogP) is 2.70. The zero-order chi connectivity index (χ0) is 15.4. The van der Waals surface area contributed by atoms with Gasteiger partial charge in [0.05, 0.1) is 18.1 Å². The number of allylic oxidation sites excluding steroid dienone is 1. The second-order valence-corrected chi connectivity index (χ2v) is 5.45. The number of epoxide rings is 1. The molecular formula is C15H24O5. The molecular weight excluding hydrogens is 260 g/mol. The van der Waals surface area contributed by atoms with Crippen LogP contribution in [0.15, 0.2) is 12.7 Å². The molecule has 3 unspecified atom stereocenters. The average Bonchev–Trinajstić information content (AvgIpc) is 3.23. The van der Waals surface area contributed by atoms with E-state index in [0.29, 0.717) is 25.9 Å². The Bertz CT molecular complexity index is 388. The minimum absolute atomic E-state index is 0.342. The van der Waals surface area contributed by atoms with Crippen LogP contribution in [-0.2, 0) is 14.3 Å². The number of ether oxygens (including phenoxy) is 1. The molecule has 1 aliphatic heterocycles. The fourth-order valence-electron chi connectivity index (χ4n) is 3.49. The molecule has 1 aliphatic carbocycles. The smallest absolute Gasteiger partial charge is 0.313 e. The molecule has 0 spiro atoms. The molecule has 1 heterocycles. The first-order chi connectivity index (χ1) is 9.42. The SMILES string of the molecule is C=CC.CCC1(C(=O)O)CCCCC1(C(=O)O)C1CO1. The normalized spacial score (nSPS) is 35.4. The lowest BCUT2D eigenvalue weighted by Gasteiger charge is -2.47. The summed E-state index contributed by atoms with van der Waals surface area (Å²) < 4.78 is 5.18. The second-order valence-electron chi connectivity index (χ2n) is 5.45. The van der Waals surface area contributed by atoms with Crippen molar-refractivity contribution < 1.29 is 24.5 Å². The number of carboxylic acid groups (broad SMARTS) is 2. The van der Waals surface area contributed by atoms with Crippen molar-refractivity contribution in [2.24, 2.45) is 10.8 Å². The van der Waals surface area contributed by atoms with E-state index in [4.69, 9.17) is 4.74 Å². The second kappa shape index (κ2) is 6.39. The van der Waals surface area contributed by atoms with Crippen molar-refractivity contribution in [3.63, 3.8) is 0 Å². The standard InChI is InChI=1S/C12H18O5.C3H6/c1-2-11(9(13)14)5-3-4-6-12(11,10(15)16)8-7-17-8;1-3-2/h8H,2-7H2,1H3,(H,13,14)(H,15,16);3H,1H2,2H3. The van der Waals surface area contributed by atoms with E-state index >= 15 is 0 Å². The van der Waals surface area contributed by atoms with Crippen LogP contribution < -0.4 is 0 Å². The van der Waals surface area contributed by atoms with Crippen molar-refractivity contribution in [1.29, 1.82) is 0 Å². The van der Waals surface area contributed by atoms with E-state index in [2.05, 4.69) is 6.58 Å². The Balaban J connectivity index is 0.000000612. The summed E-state index contributed by atoms with van der Waals surface area (Å²) >= 11 is 0. The molecule has 5 nitrogen and oxygen atoms in total. The molecule has 114 valence electrons. The number of carbonyl (C=O) groups is 2. The Morgan fingerprint density at radius 3 is 2.15 bits per heavy atom. The molecule has 2 N–H and O–H groups in total. The molecule has 2 aliphatic rings. The van der Waals surface area contributed by atoms with Gasteiger partial charge in [0.1, 0.15) is 5.41 Å². The van der Waals surface area contributed by atoms with Crippen molar-refractivity contribution in [2.45, 2.75) is 52.1 Å². The first-order valence-electron chi connectivity index (χ1n) is 7.08. The fraction of sp³-hybridized carbons (Fsp3) is 0.733. The van der Waals surface area contributed by atoms with Gasteiger partial charge in [-0.3, -0.25) is 9.59 Å². The number of hydrogen-bond donors (Lipinski definition) is 2. The van der Waals surface area contributed by atoms with Gasteiger partial charge in [-0.2, -0.15) is 0 Å². The highest BCUT2D eigenvalue weighted by molar-refractivity contribution is 5.88. The minimum atomic E-state index is -1.23. The largest absolute Gasteiger partial charge is 0.481 e. The van der Waals surface area contributed by atoms with Crippen LogP contribution in [0.2, 0.25) is 0 Å². The van der Waals surface area contributed by atoms with Crippen molar-refractivity contribution in [2.75, 3.05) is 6.61 Å². The molecule has 1 saturated carbocycles. The maximum atomic E-state index is 11.7. The number of hydrogen-bond acceptors (Lipinski definition) is 3. The van der Waals surface area contributed by atoms with Gasteiger partial charge in [0.15, 0.2) is 0 Å². The van der Waals surface area contributed by atoms with E-state index in [1.165, 1.54) is 0 Å². The van der Waals surface area contributed by atoms with E-state index in [0.717, 1.165) is 12.8 Å². The molecule has 0 amide bonds. The Labute approximate surface area is 119 Å². The van der Waals surface area contributed by atoms with E-state index in [9.17, 15) is 19.8 Å². The zero-order valence-corrected chi connectivity index (χ0v) is 12.2. The molecule has 0 aromatic heterocycles. The van der Waals surface area contributed by atoms with E-state index in [1.54, 1.807) is 13.0 Å². The Morgan fingerprint density at radius 1 is 1.30 bits per heavy atom. The Hall–Kier alpha value is -1.36. The van der Waals surface area contributed by atoms with Crippen molar-refractivity contribution in [3.05, 3.63) is 12.7 Å². The first kappa shape index (κ1) is 16.7. The van der Waals surface area contributed by atoms with Crippen LogP contribution >= 0.6 is 0 Å². The summed E-state index contributed by atoms with van der Waals surface area (Å²) in [6.45, 7) is 7.39. The maximum absolute atomic E-state index is 11.7. The summed E-state index contributed by atoms with van der Waals surface area (Å²) in [7, 11) is 0. The van der Waals surface area contributed by atoms with Gasteiger partial charge in [0.25, 0.3) is 0 Å². The molecule has 3 atom stereocenters. The molecule has 1 saturated heterocycles. The van der Waals surface area contributed by atoms with Gasteiger partial charge in [-0.05, 0) is 26.2 Å². The lowest BCUT2D eigenvalue weighted by molar-refractivity contribution is -0.183. The van der Waals surface area contributed by atoms with Gasteiger partial charge in [0, 0.05) is 0 Å². The summed E-state index contributed by atoms with van der Waals surface area (Å²) in [6.07, 6.45) is 4.06. The maximum Gasteiger partial charge on any atom is 0.313 e. The summed E-state index contributed by atoms with van der Waals surface area (Å²) in [5, 5.41) is 19.1. The number of carboxylic acids is 2. The van der Waals surface area contributed by atoms with Gasteiger partial charge in [-0.1, -0.05) is 25.8 Å². The number of aliphatic carboxylic acids is 2. The van der Waals surface area contributed by atoms with Crippen molar-refractivity contribution in [1.82, 2.24) is 0 Å². The highest BCUT2D eigenvalue weighted by Crippen LogP contribution is 2.58. The predicted molar refractivity (Wildman–Crippen MR) is 74.5 cm³/mol. The average molecular weight is 284 g/mol. The molecule has 0 aromatic carbocycles. The third kappa shape index (κ3) is 2.46. The quantitative estimate of drug-likeness (QED) is 0.612. The van der Waals surface area contributed by atoms with Crippen LogP contribution in [0.25, 0.3) is 0 Å². The summed E-state index contributed by atoms with van der Waals surface area (Å²) in [5.74, 6) is -2.00. The number of rotatable bonds is 4. The fourth-order valence-corrected chi connectivity index (χ4v) is 3.49. The van der Waals surface area contributed by atoms with Gasteiger partial charge in [0.2, 0.25) is 0 Å². The third-order valence-electron chi connectivity index (χ3n) is 4.56. The highest BCUT2D eigenvalue weighted by Gasteiger charge is 2.68. The third-order valence-corrected chi connectivity index (χ3v) is 4.56. The van der Waals surface area contributed by atoms with Crippen LogP contribution in [0.1, 0.15) is 46.0 Å². The van der Waals surface area contributed by atoms with Gasteiger partial charge in [-0.25, -0.2) is 0 Å². The summed E-state index contributed by atoms with van der Waals surface area (Å²) in [5.41, 5.74) is -2.40. The minimum Gasteiger partial charge on any atom is -0.481 e. The summed E-state index contributed by atoms with van der Waals surface area (Å²) in [4.78, 5) is 23.3. The monoisotopic (exact) mass is 284 g/mol. The van der Waals surface area contributed by atoms with E-state index in [-0.39, 0.29) is 0 Å². The van der Waals surface area contributed by atoms with E-state index < -0.39 is 28.9 Å². The lowest BCUT2D eigenvalue weighted by atomic mass is 9.53. The van der Waals surface area contributed by atoms with Crippen LogP contribution in [0.4, 0.5) is 0 Å². The molecule has 0 radical (unpaired) electrons. The molecule has 2 rings (SSSR count). The molecule has 0 bridgehead atoms. The highest BCUT2D eigenvalue weighted by atomic mass is 16.6. The van der Waals surface area contributed by atoms with Crippen LogP contribution in [0.3, 0.4) is 0 Å². The van der Waals surface area contributed by atoms with Crippen LogP contribution in [-0.4, -0.2) is 34.9 Å². The summed E-state index contributed by atoms with van der Waals surface area (Å²) in [6, 6.07) is 0. The van der Waals surface area contributed by atoms with Crippen LogP contribution in [0.5, 0.6) is 0 Å². The lowest BCUT2D eigenvalue weighted by Crippen LogP contribution is -2.57. The molecule has 5 heteroatoms.